The molecule has 2 aliphatic heterocycles. The van der Waals surface area contributed by atoms with Gasteiger partial charge in [-0.25, -0.2) is 0 Å². The SMILES string of the molecule is CSN1c2cc(C)c(C)cc2B2c3cc([B]c4cccc5c4[nH]c4ccccc45)c(C)cc3Nc3cc(C)cc1c32. The van der Waals surface area contributed by atoms with Crippen molar-refractivity contribution in [1.29, 1.82) is 0 Å². The fourth-order valence-electron chi connectivity index (χ4n) is 6.96. The Balaban J connectivity index is 1.33. The first-order valence-corrected chi connectivity index (χ1v) is 15.4. The molecule has 1 radical (unpaired) electrons. The Bertz CT molecular complexity index is 2060. The third kappa shape index (κ3) is 3.63. The Labute approximate surface area is 246 Å². The van der Waals surface area contributed by atoms with E-state index in [0.29, 0.717) is 0 Å². The van der Waals surface area contributed by atoms with E-state index in [9.17, 15) is 0 Å². The monoisotopic (exact) mass is 546 g/mol. The molecule has 5 aromatic carbocycles. The number of nitrogens with one attached hydrogen (secondary N) is 2. The number of fused-ring (bicyclic) bond motifs is 7. The lowest BCUT2D eigenvalue weighted by molar-refractivity contribution is 1.32. The van der Waals surface area contributed by atoms with Crippen molar-refractivity contribution < 1.29 is 0 Å². The fourth-order valence-corrected chi connectivity index (χ4v) is 7.66. The molecule has 0 saturated heterocycles. The first-order valence-electron chi connectivity index (χ1n) is 14.3. The van der Waals surface area contributed by atoms with Crippen molar-refractivity contribution in [3.63, 3.8) is 0 Å². The number of anilines is 4. The van der Waals surface area contributed by atoms with Crippen molar-refractivity contribution in [3.8, 4) is 0 Å². The van der Waals surface area contributed by atoms with Gasteiger partial charge in [-0.05, 0) is 103 Å². The van der Waals surface area contributed by atoms with Gasteiger partial charge in [-0.15, -0.1) is 0 Å². The number of para-hydroxylation sites is 2. The van der Waals surface area contributed by atoms with Crippen LogP contribution in [0.25, 0.3) is 21.8 Å². The number of nitrogens with zero attached hydrogens (tertiary/aromatic N) is 1. The van der Waals surface area contributed by atoms with E-state index in [1.54, 1.807) is 11.9 Å². The summed E-state index contributed by atoms with van der Waals surface area (Å²) in [6.07, 6.45) is 2.18. The van der Waals surface area contributed by atoms with Gasteiger partial charge in [0.2, 0.25) is 0 Å². The van der Waals surface area contributed by atoms with E-state index < -0.39 is 0 Å². The van der Waals surface area contributed by atoms with Gasteiger partial charge in [-0.2, -0.15) is 0 Å². The van der Waals surface area contributed by atoms with E-state index in [1.807, 2.05) is 0 Å². The molecular formula is C35H30B2N3S. The minimum atomic E-state index is 0.172. The molecule has 0 bridgehead atoms. The van der Waals surface area contributed by atoms with Gasteiger partial charge in [0.1, 0.15) is 0 Å². The molecule has 41 heavy (non-hydrogen) atoms. The Morgan fingerprint density at radius 2 is 1.51 bits per heavy atom. The molecule has 3 nitrogen and oxygen atoms in total. The van der Waals surface area contributed by atoms with Gasteiger partial charge in [0, 0.05) is 45.1 Å². The van der Waals surface area contributed by atoms with E-state index in [0.717, 1.165) is 0 Å². The van der Waals surface area contributed by atoms with Gasteiger partial charge in [0.05, 0.1) is 5.69 Å². The van der Waals surface area contributed by atoms with Crippen LogP contribution in [0.5, 0.6) is 0 Å². The summed E-state index contributed by atoms with van der Waals surface area (Å²) in [7, 11) is 2.36. The fraction of sp³-hybridized carbons (Fsp3) is 0.143. The van der Waals surface area contributed by atoms with Crippen molar-refractivity contribution in [2.45, 2.75) is 27.7 Å². The maximum absolute atomic E-state index is 3.85. The molecular weight excluding hydrogens is 516 g/mol. The highest BCUT2D eigenvalue weighted by Gasteiger charge is 2.41. The third-order valence-corrected chi connectivity index (χ3v) is 9.83. The first kappa shape index (κ1) is 24.8. The number of rotatable bonds is 3. The topological polar surface area (TPSA) is 31.1 Å². The van der Waals surface area contributed by atoms with Crippen LogP contribution in [0.15, 0.2) is 78.9 Å². The number of aryl methyl sites for hydroxylation is 4. The number of aromatic nitrogens is 1. The van der Waals surface area contributed by atoms with Crippen molar-refractivity contribution in [1.82, 2.24) is 4.98 Å². The molecule has 8 rings (SSSR count). The van der Waals surface area contributed by atoms with E-state index >= 15 is 0 Å². The summed E-state index contributed by atoms with van der Waals surface area (Å²) >= 11 is 1.79. The summed E-state index contributed by atoms with van der Waals surface area (Å²) in [5, 5.41) is 6.38. The summed E-state index contributed by atoms with van der Waals surface area (Å²) in [6, 6.07) is 29.4. The molecule has 2 N–H and O–H groups in total. The van der Waals surface area contributed by atoms with Crippen LogP contribution >= 0.6 is 11.9 Å². The molecule has 2 aliphatic rings. The zero-order valence-corrected chi connectivity index (χ0v) is 24.8. The van der Waals surface area contributed by atoms with Crippen molar-refractivity contribution >= 4 is 97.8 Å². The van der Waals surface area contributed by atoms with Gasteiger partial charge in [-0.3, -0.25) is 4.31 Å². The molecule has 0 fully saturated rings. The second-order valence-corrected chi connectivity index (χ2v) is 12.4. The molecule has 0 atom stereocenters. The molecule has 1 aromatic heterocycles. The van der Waals surface area contributed by atoms with Crippen LogP contribution in [0.2, 0.25) is 0 Å². The molecule has 6 aromatic rings. The molecule has 0 unspecified atom stereocenters. The first-order chi connectivity index (χ1) is 19.9. The molecule has 0 saturated carbocycles. The van der Waals surface area contributed by atoms with Gasteiger partial charge in [0.15, 0.2) is 7.28 Å². The second-order valence-electron chi connectivity index (χ2n) is 11.7. The summed E-state index contributed by atoms with van der Waals surface area (Å²) in [5.41, 5.74) is 19.2. The van der Waals surface area contributed by atoms with Crippen LogP contribution in [-0.2, 0) is 0 Å². The zero-order chi connectivity index (χ0) is 28.0. The number of aromatic amines is 1. The third-order valence-electron chi connectivity index (χ3n) is 9.07. The average molecular weight is 546 g/mol. The molecule has 0 aliphatic carbocycles. The normalized spacial score (nSPS) is 13.2. The Kier molecular flexibility index (Phi) is 5.43. The number of benzene rings is 5. The number of H-pyrrole nitrogens is 1. The largest absolute Gasteiger partial charge is 0.356 e. The van der Waals surface area contributed by atoms with Crippen LogP contribution in [-0.4, -0.2) is 25.2 Å². The number of hydrogen-bond acceptors (Lipinski definition) is 3. The van der Waals surface area contributed by atoms with Crippen LogP contribution < -0.4 is 36.9 Å². The maximum atomic E-state index is 3.85. The highest BCUT2D eigenvalue weighted by Crippen LogP contribution is 2.39. The zero-order valence-electron chi connectivity index (χ0n) is 24.0. The van der Waals surface area contributed by atoms with Gasteiger partial charge >= 0.3 is 0 Å². The molecule has 3 heterocycles. The molecule has 0 amide bonds. The smallest absolute Gasteiger partial charge is 0.252 e. The quantitative estimate of drug-likeness (QED) is 0.227. The summed E-state index contributed by atoms with van der Waals surface area (Å²) in [6.45, 7) is 9.07. The minimum Gasteiger partial charge on any atom is -0.356 e. The summed E-state index contributed by atoms with van der Waals surface area (Å²) in [4.78, 5) is 3.69. The minimum absolute atomic E-state index is 0.172. The molecule has 197 valence electrons. The highest BCUT2D eigenvalue weighted by molar-refractivity contribution is 8.00. The lowest BCUT2D eigenvalue weighted by Gasteiger charge is -2.40. The average Bonchev–Trinajstić information content (AvgIpc) is 3.34. The van der Waals surface area contributed by atoms with E-state index in [4.69, 9.17) is 0 Å². The summed E-state index contributed by atoms with van der Waals surface area (Å²) in [5.74, 6) is 0. The predicted octanol–water partition coefficient (Wildman–Crippen LogP) is 5.51. The Hall–Kier alpha value is -4.02. The van der Waals surface area contributed by atoms with E-state index in [-0.39, 0.29) is 6.71 Å². The van der Waals surface area contributed by atoms with Crippen LogP contribution in [0.4, 0.5) is 22.7 Å². The van der Waals surface area contributed by atoms with Gasteiger partial charge in [0.25, 0.3) is 6.71 Å². The second kappa shape index (κ2) is 8.99. The van der Waals surface area contributed by atoms with Gasteiger partial charge < -0.3 is 10.3 Å². The lowest BCUT2D eigenvalue weighted by Crippen LogP contribution is -2.61. The molecule has 6 heteroatoms. The van der Waals surface area contributed by atoms with Crippen molar-refractivity contribution in [2.75, 3.05) is 15.9 Å². The lowest BCUT2D eigenvalue weighted by atomic mass is 9.33. The Morgan fingerprint density at radius 1 is 0.707 bits per heavy atom. The highest BCUT2D eigenvalue weighted by atomic mass is 32.2. The number of hydrogen-bond donors (Lipinski definition) is 2. The molecule has 0 spiro atoms. The van der Waals surface area contributed by atoms with Crippen LogP contribution in [0.3, 0.4) is 0 Å². The van der Waals surface area contributed by atoms with Gasteiger partial charge in [-0.1, -0.05) is 65.0 Å². The van der Waals surface area contributed by atoms with Crippen molar-refractivity contribution in [3.05, 3.63) is 101 Å². The van der Waals surface area contributed by atoms with E-state index in [1.165, 1.54) is 94.1 Å². The Morgan fingerprint density at radius 3 is 2.37 bits per heavy atom. The maximum Gasteiger partial charge on any atom is 0.252 e. The van der Waals surface area contributed by atoms with Crippen LogP contribution in [0, 0.1) is 27.7 Å². The van der Waals surface area contributed by atoms with Crippen molar-refractivity contribution in [2.24, 2.45) is 0 Å². The predicted molar refractivity (Wildman–Crippen MR) is 183 cm³/mol. The standard InChI is InChI=1S/C35H30B2N3S/c1-19-13-31-34-33(14-19)40(41-5)32-17-21(3)20(2)15-28(32)37(34)27-18-26(22(4)16-30(27)38-31)36-25-11-8-10-24-23-9-6-7-12-29(23)39-35(24)25/h6-18,38-39H,1-5H3. The summed E-state index contributed by atoms with van der Waals surface area (Å²) < 4.78 is 2.43. The van der Waals surface area contributed by atoms with E-state index in [2.05, 4.69) is 135 Å². The van der Waals surface area contributed by atoms with Crippen LogP contribution in [0.1, 0.15) is 22.3 Å².